The zero-order valence-corrected chi connectivity index (χ0v) is 11.8. The maximum Gasteiger partial charge on any atom is 0.254 e. The van der Waals surface area contributed by atoms with Gasteiger partial charge in [-0.25, -0.2) is 0 Å². The van der Waals surface area contributed by atoms with Crippen molar-refractivity contribution in [2.24, 2.45) is 0 Å². The first-order valence-corrected chi connectivity index (χ1v) is 6.07. The fourth-order valence-corrected chi connectivity index (χ4v) is 2.15. The van der Waals surface area contributed by atoms with Crippen molar-refractivity contribution in [3.05, 3.63) is 28.0 Å². The lowest BCUT2D eigenvalue weighted by atomic mass is 10.1. The molecule has 0 aliphatic carbocycles. The number of fused-ring (bicyclic) bond motifs is 1. The van der Waals surface area contributed by atoms with Gasteiger partial charge in [0.2, 0.25) is 5.75 Å². The zero-order valence-electron chi connectivity index (χ0n) is 11.8. The minimum absolute atomic E-state index is 0.267. The fraction of sp³-hybridized carbons (Fsp3) is 0.357. The van der Waals surface area contributed by atoms with Crippen LogP contribution in [0.25, 0.3) is 10.9 Å². The van der Waals surface area contributed by atoms with E-state index in [0.717, 1.165) is 0 Å². The van der Waals surface area contributed by atoms with Crippen LogP contribution in [0.15, 0.2) is 16.9 Å². The number of ether oxygens (including phenoxy) is 3. The van der Waals surface area contributed by atoms with Gasteiger partial charge in [0.15, 0.2) is 11.5 Å². The van der Waals surface area contributed by atoms with E-state index in [4.69, 9.17) is 14.2 Å². The highest BCUT2D eigenvalue weighted by atomic mass is 16.5. The van der Waals surface area contributed by atoms with Gasteiger partial charge in [0, 0.05) is 17.0 Å². The number of H-pyrrole nitrogens is 1. The number of nitrogens with one attached hydrogen (secondary N) is 1. The lowest BCUT2D eigenvalue weighted by Gasteiger charge is -2.15. The van der Waals surface area contributed by atoms with E-state index in [1.54, 1.807) is 12.1 Å². The first kappa shape index (κ1) is 14.2. The molecule has 0 amide bonds. The Balaban J connectivity index is 2.89. The third-order valence-electron chi connectivity index (χ3n) is 3.13. The van der Waals surface area contributed by atoms with E-state index in [1.165, 1.54) is 28.3 Å². The predicted octanol–water partition coefficient (Wildman–Crippen LogP) is 1.61. The summed E-state index contributed by atoms with van der Waals surface area (Å²) < 4.78 is 15.9. The summed E-state index contributed by atoms with van der Waals surface area (Å²) in [5.74, 6) is 1.34. The van der Waals surface area contributed by atoms with E-state index in [-0.39, 0.29) is 11.1 Å². The maximum atomic E-state index is 11.9. The molecule has 2 rings (SSSR count). The number of methoxy groups -OCH3 is 3. The second-order valence-electron chi connectivity index (χ2n) is 4.34. The van der Waals surface area contributed by atoms with Crippen LogP contribution >= 0.6 is 0 Å². The molecule has 6 nitrogen and oxygen atoms in total. The van der Waals surface area contributed by atoms with Gasteiger partial charge >= 0.3 is 0 Å². The van der Waals surface area contributed by atoms with Crippen molar-refractivity contribution in [2.45, 2.75) is 13.0 Å². The van der Waals surface area contributed by atoms with Gasteiger partial charge in [-0.3, -0.25) is 4.79 Å². The van der Waals surface area contributed by atoms with E-state index >= 15 is 0 Å². The Labute approximate surface area is 115 Å². The highest BCUT2D eigenvalue weighted by Crippen LogP contribution is 2.42. The third kappa shape index (κ3) is 2.18. The van der Waals surface area contributed by atoms with Crippen LogP contribution in [0.4, 0.5) is 0 Å². The van der Waals surface area contributed by atoms with Gasteiger partial charge in [-0.1, -0.05) is 0 Å². The summed E-state index contributed by atoms with van der Waals surface area (Å²) in [7, 11) is 4.52. The molecule has 0 aliphatic heterocycles. The molecule has 1 unspecified atom stereocenters. The predicted molar refractivity (Wildman–Crippen MR) is 74.9 cm³/mol. The van der Waals surface area contributed by atoms with Gasteiger partial charge in [0.25, 0.3) is 5.56 Å². The molecule has 2 aromatic rings. The number of hydrogen-bond donors (Lipinski definition) is 2. The van der Waals surface area contributed by atoms with Gasteiger partial charge in [-0.2, -0.15) is 0 Å². The van der Waals surface area contributed by atoms with E-state index in [0.29, 0.717) is 28.2 Å². The summed E-state index contributed by atoms with van der Waals surface area (Å²) in [6.45, 7) is 1.53. The lowest BCUT2D eigenvalue weighted by molar-refractivity contribution is 0.198. The molecule has 0 aliphatic rings. The Bertz CT molecular complexity index is 690. The summed E-state index contributed by atoms with van der Waals surface area (Å²) in [6.07, 6.45) is -0.874. The molecule has 108 valence electrons. The highest BCUT2D eigenvalue weighted by Gasteiger charge is 2.18. The monoisotopic (exact) mass is 279 g/mol. The van der Waals surface area contributed by atoms with E-state index in [9.17, 15) is 9.90 Å². The van der Waals surface area contributed by atoms with Crippen LogP contribution in [-0.2, 0) is 0 Å². The number of aliphatic hydroxyl groups is 1. The summed E-state index contributed by atoms with van der Waals surface area (Å²) in [4.78, 5) is 14.6. The van der Waals surface area contributed by atoms with Crippen LogP contribution in [0.1, 0.15) is 18.6 Å². The van der Waals surface area contributed by atoms with E-state index in [2.05, 4.69) is 4.98 Å². The van der Waals surface area contributed by atoms with Gasteiger partial charge in [0.1, 0.15) is 0 Å². The summed E-state index contributed by atoms with van der Waals surface area (Å²) in [6, 6.07) is 3.25. The average Bonchev–Trinajstić information content (AvgIpc) is 2.43. The Kier molecular flexibility index (Phi) is 3.85. The Hall–Kier alpha value is -2.21. The zero-order chi connectivity index (χ0) is 14.9. The normalized spacial score (nSPS) is 12.2. The first-order valence-electron chi connectivity index (χ1n) is 6.07. The molecule has 0 fully saturated rings. The molecule has 6 heteroatoms. The smallest absolute Gasteiger partial charge is 0.254 e. The van der Waals surface area contributed by atoms with Crippen LogP contribution < -0.4 is 19.8 Å². The fourth-order valence-electron chi connectivity index (χ4n) is 2.15. The molecule has 0 saturated heterocycles. The van der Waals surface area contributed by atoms with Gasteiger partial charge in [-0.15, -0.1) is 0 Å². The number of aromatic nitrogens is 1. The van der Waals surface area contributed by atoms with E-state index < -0.39 is 6.10 Å². The Morgan fingerprint density at radius 1 is 1.10 bits per heavy atom. The minimum Gasteiger partial charge on any atom is -0.493 e. The lowest BCUT2D eigenvalue weighted by Crippen LogP contribution is -2.15. The third-order valence-corrected chi connectivity index (χ3v) is 3.13. The SMILES string of the molecule is COc1cc2[nH]c(=O)c(C(C)O)cc2c(OC)c1OC. The van der Waals surface area contributed by atoms with Crippen molar-refractivity contribution in [3.63, 3.8) is 0 Å². The number of benzene rings is 1. The van der Waals surface area contributed by atoms with Gasteiger partial charge < -0.3 is 24.3 Å². The quantitative estimate of drug-likeness (QED) is 0.888. The molecule has 0 radical (unpaired) electrons. The van der Waals surface area contributed by atoms with Crippen LogP contribution in [0.3, 0.4) is 0 Å². The standard InChI is InChI=1S/C14H17NO5/c1-7(16)8-5-9-10(15-14(8)17)6-11(18-2)13(20-4)12(9)19-3/h5-7,16H,1-4H3,(H,15,17). The van der Waals surface area contributed by atoms with Gasteiger partial charge in [0.05, 0.1) is 33.0 Å². The van der Waals surface area contributed by atoms with Crippen LogP contribution in [0.2, 0.25) is 0 Å². The number of aromatic amines is 1. The van der Waals surface area contributed by atoms with Crippen molar-refractivity contribution < 1.29 is 19.3 Å². The number of aliphatic hydroxyl groups excluding tert-OH is 1. The molecular weight excluding hydrogens is 262 g/mol. The van der Waals surface area contributed by atoms with Crippen molar-refractivity contribution in [1.82, 2.24) is 4.98 Å². The Morgan fingerprint density at radius 2 is 1.75 bits per heavy atom. The molecule has 2 N–H and O–H groups in total. The molecular formula is C14H17NO5. The first-order chi connectivity index (χ1) is 9.53. The number of pyridine rings is 1. The molecule has 1 atom stereocenters. The summed E-state index contributed by atoms with van der Waals surface area (Å²) in [5.41, 5.74) is 0.471. The highest BCUT2D eigenvalue weighted by molar-refractivity contribution is 5.90. The summed E-state index contributed by atoms with van der Waals surface area (Å²) in [5, 5.41) is 10.3. The van der Waals surface area contributed by atoms with Gasteiger partial charge in [-0.05, 0) is 13.0 Å². The minimum atomic E-state index is -0.874. The van der Waals surface area contributed by atoms with Crippen LogP contribution in [-0.4, -0.2) is 31.4 Å². The molecule has 20 heavy (non-hydrogen) atoms. The molecule has 0 bridgehead atoms. The largest absolute Gasteiger partial charge is 0.493 e. The second kappa shape index (κ2) is 5.42. The molecule has 1 heterocycles. The number of hydrogen-bond acceptors (Lipinski definition) is 5. The molecule has 1 aromatic carbocycles. The summed E-state index contributed by atoms with van der Waals surface area (Å²) >= 11 is 0. The molecule has 0 saturated carbocycles. The van der Waals surface area contributed by atoms with E-state index in [1.807, 2.05) is 0 Å². The van der Waals surface area contributed by atoms with Crippen molar-refractivity contribution in [1.29, 1.82) is 0 Å². The average molecular weight is 279 g/mol. The van der Waals surface area contributed by atoms with Crippen molar-refractivity contribution in [2.75, 3.05) is 21.3 Å². The second-order valence-corrected chi connectivity index (χ2v) is 4.34. The molecule has 1 aromatic heterocycles. The Morgan fingerprint density at radius 3 is 2.25 bits per heavy atom. The van der Waals surface area contributed by atoms with Crippen molar-refractivity contribution >= 4 is 10.9 Å². The van der Waals surface area contributed by atoms with Crippen LogP contribution in [0.5, 0.6) is 17.2 Å². The molecule has 0 spiro atoms. The number of rotatable bonds is 4. The topological polar surface area (TPSA) is 80.8 Å². The maximum absolute atomic E-state index is 11.9. The van der Waals surface area contributed by atoms with Crippen LogP contribution in [0, 0.1) is 0 Å². The van der Waals surface area contributed by atoms with Crippen molar-refractivity contribution in [3.8, 4) is 17.2 Å².